The van der Waals surface area contributed by atoms with Gasteiger partial charge in [-0.05, 0) is 91.8 Å². The molecule has 4 fully saturated rings. The highest BCUT2D eigenvalue weighted by atomic mass is 14.6. The highest BCUT2D eigenvalue weighted by molar-refractivity contribution is 5.08. The van der Waals surface area contributed by atoms with E-state index < -0.39 is 0 Å². The SMILES string of the molecule is CCC1CCC2C3CCC4CCCCC4(C)C3CC[C@]12C. The van der Waals surface area contributed by atoms with E-state index in [0.717, 1.165) is 35.0 Å². The topological polar surface area (TPSA) is 0 Å². The summed E-state index contributed by atoms with van der Waals surface area (Å²) < 4.78 is 0. The lowest BCUT2D eigenvalue weighted by atomic mass is 9.45. The van der Waals surface area contributed by atoms with Crippen LogP contribution in [0.25, 0.3) is 0 Å². The van der Waals surface area contributed by atoms with Gasteiger partial charge in [0.2, 0.25) is 0 Å². The summed E-state index contributed by atoms with van der Waals surface area (Å²) in [6, 6.07) is 0. The molecule has 4 aliphatic carbocycles. The van der Waals surface area contributed by atoms with Gasteiger partial charge in [-0.3, -0.25) is 0 Å². The third kappa shape index (κ3) is 1.93. The Labute approximate surface area is 132 Å². The van der Waals surface area contributed by atoms with Gasteiger partial charge in [0.1, 0.15) is 0 Å². The largest absolute Gasteiger partial charge is 0.0651 e. The van der Waals surface area contributed by atoms with Crippen molar-refractivity contribution in [3.8, 4) is 0 Å². The lowest BCUT2D eigenvalue weighted by Gasteiger charge is -2.60. The van der Waals surface area contributed by atoms with Gasteiger partial charge in [-0.2, -0.15) is 0 Å². The monoisotopic (exact) mass is 288 g/mol. The first-order valence-electron chi connectivity index (χ1n) is 10.1. The van der Waals surface area contributed by atoms with Gasteiger partial charge in [-0.1, -0.05) is 40.0 Å². The minimum Gasteiger partial charge on any atom is -0.0651 e. The molecule has 0 N–H and O–H groups in total. The zero-order chi connectivity index (χ0) is 14.7. The second kappa shape index (κ2) is 5.00. The molecule has 7 atom stereocenters. The van der Waals surface area contributed by atoms with Gasteiger partial charge >= 0.3 is 0 Å². The summed E-state index contributed by atoms with van der Waals surface area (Å²) in [6.45, 7) is 7.84. The van der Waals surface area contributed by atoms with Crippen LogP contribution in [0.2, 0.25) is 0 Å². The first-order valence-corrected chi connectivity index (χ1v) is 10.1. The Morgan fingerprint density at radius 1 is 0.762 bits per heavy atom. The minimum atomic E-state index is 0.716. The molecular formula is C21H36. The molecule has 4 rings (SSSR count). The Bertz CT molecular complexity index is 399. The van der Waals surface area contributed by atoms with E-state index in [9.17, 15) is 0 Å². The smallest absolute Gasteiger partial charge is 0.0266 e. The lowest BCUT2D eigenvalue weighted by molar-refractivity contribution is -0.110. The Kier molecular flexibility index (Phi) is 3.47. The summed E-state index contributed by atoms with van der Waals surface area (Å²) >= 11 is 0. The Hall–Kier alpha value is 0. The van der Waals surface area contributed by atoms with E-state index in [4.69, 9.17) is 0 Å². The normalized spacial score (nSPS) is 56.4. The summed E-state index contributed by atoms with van der Waals surface area (Å²) in [6.07, 6.45) is 17.0. The molecule has 0 nitrogen and oxygen atoms in total. The Balaban J connectivity index is 1.62. The average Bonchev–Trinajstić information content (AvgIpc) is 2.83. The molecule has 0 saturated heterocycles. The van der Waals surface area contributed by atoms with Crippen molar-refractivity contribution in [2.24, 2.45) is 40.4 Å². The molecule has 0 aromatic rings. The fraction of sp³-hybridized carbons (Fsp3) is 1.00. The van der Waals surface area contributed by atoms with Gasteiger partial charge in [-0.25, -0.2) is 0 Å². The fourth-order valence-electron chi connectivity index (χ4n) is 8.07. The second-order valence-electron chi connectivity index (χ2n) is 9.63. The van der Waals surface area contributed by atoms with E-state index in [0.29, 0.717) is 5.41 Å². The third-order valence-corrected chi connectivity index (χ3v) is 9.27. The van der Waals surface area contributed by atoms with Crippen molar-refractivity contribution in [1.29, 1.82) is 0 Å². The molecule has 4 saturated carbocycles. The zero-order valence-electron chi connectivity index (χ0n) is 14.7. The first kappa shape index (κ1) is 14.6. The van der Waals surface area contributed by atoms with Crippen molar-refractivity contribution < 1.29 is 0 Å². The molecule has 0 heterocycles. The highest BCUT2D eigenvalue weighted by Crippen LogP contribution is 2.67. The summed E-state index contributed by atoms with van der Waals surface area (Å²) in [5.74, 6) is 5.39. The van der Waals surface area contributed by atoms with E-state index in [1.54, 1.807) is 51.4 Å². The van der Waals surface area contributed by atoms with Gasteiger partial charge in [0.05, 0.1) is 0 Å². The van der Waals surface area contributed by atoms with Crippen LogP contribution in [0.1, 0.15) is 91.4 Å². The lowest BCUT2D eigenvalue weighted by Crippen LogP contribution is -2.52. The predicted octanol–water partition coefficient (Wildman–Crippen LogP) is 6.45. The van der Waals surface area contributed by atoms with E-state index in [1.165, 1.54) is 19.3 Å². The fourth-order valence-corrected chi connectivity index (χ4v) is 8.07. The van der Waals surface area contributed by atoms with Crippen molar-refractivity contribution in [3.05, 3.63) is 0 Å². The summed E-state index contributed by atoms with van der Waals surface area (Å²) in [4.78, 5) is 0. The van der Waals surface area contributed by atoms with Crippen LogP contribution < -0.4 is 0 Å². The molecule has 4 aliphatic rings. The molecule has 0 bridgehead atoms. The molecule has 0 amide bonds. The van der Waals surface area contributed by atoms with Gasteiger partial charge < -0.3 is 0 Å². The summed E-state index contributed by atoms with van der Waals surface area (Å²) in [5.41, 5.74) is 1.45. The first-order chi connectivity index (χ1) is 10.1. The molecule has 0 radical (unpaired) electrons. The van der Waals surface area contributed by atoms with Crippen LogP contribution >= 0.6 is 0 Å². The van der Waals surface area contributed by atoms with Gasteiger partial charge in [0.25, 0.3) is 0 Å². The maximum Gasteiger partial charge on any atom is -0.0266 e. The number of rotatable bonds is 1. The highest BCUT2D eigenvalue weighted by Gasteiger charge is 2.59. The molecule has 0 aromatic carbocycles. The molecule has 21 heavy (non-hydrogen) atoms. The number of hydrogen-bond acceptors (Lipinski definition) is 0. The van der Waals surface area contributed by atoms with Crippen LogP contribution in [0.5, 0.6) is 0 Å². The van der Waals surface area contributed by atoms with E-state index in [2.05, 4.69) is 20.8 Å². The standard InChI is InChI=1S/C21H36/c1-4-15-9-11-18-17-10-8-16-7-5-6-13-20(16,2)19(17)12-14-21(15,18)3/h15-19H,4-14H2,1-3H3/t15?,16?,17?,18?,19?,20?,21-/m1/s1. The van der Waals surface area contributed by atoms with E-state index in [-0.39, 0.29) is 0 Å². The molecule has 0 spiro atoms. The minimum absolute atomic E-state index is 0.716. The van der Waals surface area contributed by atoms with Crippen molar-refractivity contribution in [2.45, 2.75) is 91.4 Å². The third-order valence-electron chi connectivity index (χ3n) is 9.27. The van der Waals surface area contributed by atoms with Crippen LogP contribution in [0.4, 0.5) is 0 Å². The van der Waals surface area contributed by atoms with E-state index in [1.807, 2.05) is 0 Å². The Morgan fingerprint density at radius 2 is 1.57 bits per heavy atom. The maximum atomic E-state index is 2.71. The molecule has 6 unspecified atom stereocenters. The van der Waals surface area contributed by atoms with E-state index >= 15 is 0 Å². The number of fused-ring (bicyclic) bond motifs is 5. The van der Waals surface area contributed by atoms with Crippen LogP contribution in [0.3, 0.4) is 0 Å². The van der Waals surface area contributed by atoms with Crippen molar-refractivity contribution in [3.63, 3.8) is 0 Å². The maximum absolute atomic E-state index is 2.71. The van der Waals surface area contributed by atoms with Gasteiger partial charge in [0.15, 0.2) is 0 Å². The van der Waals surface area contributed by atoms with Crippen LogP contribution in [-0.2, 0) is 0 Å². The molecule has 0 aromatic heterocycles. The molecule has 0 heteroatoms. The quantitative estimate of drug-likeness (QED) is 0.520. The zero-order valence-corrected chi connectivity index (χ0v) is 14.7. The van der Waals surface area contributed by atoms with Crippen molar-refractivity contribution in [2.75, 3.05) is 0 Å². The van der Waals surface area contributed by atoms with Crippen molar-refractivity contribution >= 4 is 0 Å². The second-order valence-corrected chi connectivity index (χ2v) is 9.63. The van der Waals surface area contributed by atoms with Crippen LogP contribution in [0.15, 0.2) is 0 Å². The molecule has 120 valence electrons. The Morgan fingerprint density at radius 3 is 2.38 bits per heavy atom. The number of hydrogen-bond donors (Lipinski definition) is 0. The molecular weight excluding hydrogens is 252 g/mol. The average molecular weight is 289 g/mol. The van der Waals surface area contributed by atoms with Crippen LogP contribution in [0, 0.1) is 40.4 Å². The summed E-state index contributed by atoms with van der Waals surface area (Å²) in [7, 11) is 0. The van der Waals surface area contributed by atoms with Crippen LogP contribution in [-0.4, -0.2) is 0 Å². The van der Waals surface area contributed by atoms with Gasteiger partial charge in [-0.15, -0.1) is 0 Å². The summed E-state index contributed by atoms with van der Waals surface area (Å²) in [5, 5.41) is 0. The van der Waals surface area contributed by atoms with Gasteiger partial charge in [0, 0.05) is 0 Å². The van der Waals surface area contributed by atoms with Crippen molar-refractivity contribution in [1.82, 2.24) is 0 Å². The predicted molar refractivity (Wildman–Crippen MR) is 90.1 cm³/mol. The molecule has 0 aliphatic heterocycles.